The molecule has 4 heteroatoms. The quantitative estimate of drug-likeness (QED) is 0.787. The summed E-state index contributed by atoms with van der Waals surface area (Å²) < 4.78 is 5.25. The second-order valence-corrected chi connectivity index (χ2v) is 4.08. The molecule has 1 fully saturated rings. The first kappa shape index (κ1) is 10.0. The zero-order valence-corrected chi connectivity index (χ0v) is 8.63. The lowest BCUT2D eigenvalue weighted by Crippen LogP contribution is -2.25. The highest BCUT2D eigenvalue weighted by Crippen LogP contribution is 2.23. The molecule has 14 heavy (non-hydrogen) atoms. The van der Waals surface area contributed by atoms with E-state index in [1.807, 2.05) is 6.07 Å². The van der Waals surface area contributed by atoms with Crippen LogP contribution in [-0.4, -0.2) is 24.3 Å². The van der Waals surface area contributed by atoms with Crippen molar-refractivity contribution >= 4 is 11.6 Å². The average Bonchev–Trinajstić information content (AvgIpc) is 2.90. The number of aliphatic hydroxyl groups is 1. The summed E-state index contributed by atoms with van der Waals surface area (Å²) in [5.74, 6) is 0.772. The van der Waals surface area contributed by atoms with Gasteiger partial charge in [0.1, 0.15) is 5.76 Å². The minimum Gasteiger partial charge on any atom is -0.449 e. The molecule has 1 aromatic rings. The van der Waals surface area contributed by atoms with Crippen molar-refractivity contribution in [2.24, 2.45) is 0 Å². The standard InChI is InChI=1S/C10H14ClNO2/c11-10-4-3-9(14-10)7(6-13)5-12-8-1-2-8/h3-4,7-8,12-13H,1-2,5-6H2. The van der Waals surface area contributed by atoms with E-state index in [1.165, 1.54) is 12.8 Å². The van der Waals surface area contributed by atoms with Crippen molar-refractivity contribution in [3.8, 4) is 0 Å². The van der Waals surface area contributed by atoms with Crippen LogP contribution in [0.15, 0.2) is 16.5 Å². The Morgan fingerprint density at radius 2 is 2.36 bits per heavy atom. The van der Waals surface area contributed by atoms with Crippen molar-refractivity contribution in [2.75, 3.05) is 13.2 Å². The first-order valence-electron chi connectivity index (χ1n) is 4.89. The Morgan fingerprint density at radius 3 is 2.86 bits per heavy atom. The van der Waals surface area contributed by atoms with Crippen LogP contribution in [0.5, 0.6) is 0 Å². The molecule has 2 N–H and O–H groups in total. The second-order valence-electron chi connectivity index (χ2n) is 3.70. The molecule has 1 saturated carbocycles. The van der Waals surface area contributed by atoms with Gasteiger partial charge in [-0.3, -0.25) is 0 Å². The SMILES string of the molecule is OCC(CNC1CC1)c1ccc(Cl)o1. The lowest BCUT2D eigenvalue weighted by Gasteiger charge is -2.11. The van der Waals surface area contributed by atoms with Gasteiger partial charge < -0.3 is 14.8 Å². The summed E-state index contributed by atoms with van der Waals surface area (Å²) in [6, 6.07) is 4.17. The molecule has 0 radical (unpaired) electrons. The predicted molar refractivity (Wildman–Crippen MR) is 54.6 cm³/mol. The maximum absolute atomic E-state index is 9.18. The third kappa shape index (κ3) is 2.50. The first-order valence-corrected chi connectivity index (χ1v) is 5.27. The molecule has 1 aliphatic carbocycles. The smallest absolute Gasteiger partial charge is 0.193 e. The maximum atomic E-state index is 9.18. The van der Waals surface area contributed by atoms with Gasteiger partial charge >= 0.3 is 0 Å². The Labute approximate surface area is 88.1 Å². The van der Waals surface area contributed by atoms with Crippen LogP contribution in [0.1, 0.15) is 24.5 Å². The summed E-state index contributed by atoms with van der Waals surface area (Å²) in [4.78, 5) is 0. The Bertz CT molecular complexity index is 296. The zero-order chi connectivity index (χ0) is 9.97. The van der Waals surface area contributed by atoms with E-state index in [0.29, 0.717) is 11.3 Å². The summed E-state index contributed by atoms with van der Waals surface area (Å²) in [6.07, 6.45) is 2.49. The van der Waals surface area contributed by atoms with E-state index in [9.17, 15) is 5.11 Å². The van der Waals surface area contributed by atoms with Crippen molar-refractivity contribution in [1.82, 2.24) is 5.32 Å². The van der Waals surface area contributed by atoms with Gasteiger partial charge in [-0.15, -0.1) is 0 Å². The van der Waals surface area contributed by atoms with Gasteiger partial charge in [0.05, 0.1) is 12.5 Å². The minimum absolute atomic E-state index is 0.0168. The molecule has 0 bridgehead atoms. The van der Waals surface area contributed by atoms with E-state index in [4.69, 9.17) is 16.0 Å². The van der Waals surface area contributed by atoms with Gasteiger partial charge in [0.15, 0.2) is 5.22 Å². The number of rotatable bonds is 5. The molecular weight excluding hydrogens is 202 g/mol. The minimum atomic E-state index is 0.0168. The van der Waals surface area contributed by atoms with Crippen molar-refractivity contribution in [3.63, 3.8) is 0 Å². The molecule has 1 aliphatic rings. The van der Waals surface area contributed by atoms with Gasteiger partial charge in [0, 0.05) is 12.6 Å². The highest BCUT2D eigenvalue weighted by atomic mass is 35.5. The Morgan fingerprint density at radius 1 is 1.57 bits per heavy atom. The van der Waals surface area contributed by atoms with E-state index in [1.54, 1.807) is 6.07 Å². The van der Waals surface area contributed by atoms with E-state index in [2.05, 4.69) is 5.32 Å². The fourth-order valence-corrected chi connectivity index (χ4v) is 1.55. The molecule has 0 aromatic carbocycles. The highest BCUT2D eigenvalue weighted by molar-refractivity contribution is 6.28. The molecule has 0 saturated heterocycles. The van der Waals surface area contributed by atoms with E-state index in [-0.39, 0.29) is 12.5 Å². The van der Waals surface area contributed by atoms with Gasteiger partial charge in [-0.2, -0.15) is 0 Å². The molecule has 1 unspecified atom stereocenters. The Kier molecular flexibility index (Phi) is 3.11. The Balaban J connectivity index is 1.90. The molecule has 0 aliphatic heterocycles. The Hall–Kier alpha value is -0.510. The number of nitrogens with one attached hydrogen (secondary N) is 1. The lowest BCUT2D eigenvalue weighted by atomic mass is 10.1. The van der Waals surface area contributed by atoms with Crippen LogP contribution >= 0.6 is 11.6 Å². The second kappa shape index (κ2) is 4.34. The van der Waals surface area contributed by atoms with Crippen LogP contribution < -0.4 is 5.32 Å². The number of hydrogen-bond donors (Lipinski definition) is 2. The van der Waals surface area contributed by atoms with Crippen LogP contribution in [0.3, 0.4) is 0 Å². The van der Waals surface area contributed by atoms with Crippen molar-refractivity contribution in [3.05, 3.63) is 23.1 Å². The molecular formula is C10H14ClNO2. The normalized spacial score (nSPS) is 18.4. The molecule has 2 rings (SSSR count). The van der Waals surface area contributed by atoms with Crippen LogP contribution in [0, 0.1) is 0 Å². The van der Waals surface area contributed by atoms with Crippen molar-refractivity contribution in [1.29, 1.82) is 0 Å². The zero-order valence-electron chi connectivity index (χ0n) is 7.87. The number of furan rings is 1. The maximum Gasteiger partial charge on any atom is 0.193 e. The molecule has 0 spiro atoms. The summed E-state index contributed by atoms with van der Waals surface area (Å²) >= 11 is 5.67. The summed E-state index contributed by atoms with van der Waals surface area (Å²) in [6.45, 7) is 0.842. The predicted octanol–water partition coefficient (Wildman–Crippen LogP) is 1.76. The largest absolute Gasteiger partial charge is 0.449 e. The lowest BCUT2D eigenvalue weighted by molar-refractivity contribution is 0.245. The third-order valence-electron chi connectivity index (χ3n) is 2.45. The fourth-order valence-electron chi connectivity index (χ4n) is 1.40. The number of hydrogen-bond acceptors (Lipinski definition) is 3. The van der Waals surface area contributed by atoms with E-state index in [0.717, 1.165) is 12.3 Å². The number of aliphatic hydroxyl groups excluding tert-OH is 1. The van der Waals surface area contributed by atoms with Crippen LogP contribution in [0.2, 0.25) is 5.22 Å². The molecule has 3 nitrogen and oxygen atoms in total. The highest BCUT2D eigenvalue weighted by Gasteiger charge is 2.23. The number of halogens is 1. The molecule has 1 atom stereocenters. The topological polar surface area (TPSA) is 45.4 Å². The van der Waals surface area contributed by atoms with Crippen LogP contribution in [-0.2, 0) is 0 Å². The van der Waals surface area contributed by atoms with E-state index < -0.39 is 0 Å². The van der Waals surface area contributed by atoms with Crippen molar-refractivity contribution < 1.29 is 9.52 Å². The molecule has 0 amide bonds. The molecule has 1 aromatic heterocycles. The van der Waals surface area contributed by atoms with Crippen molar-refractivity contribution in [2.45, 2.75) is 24.8 Å². The van der Waals surface area contributed by atoms with Crippen LogP contribution in [0.25, 0.3) is 0 Å². The monoisotopic (exact) mass is 215 g/mol. The van der Waals surface area contributed by atoms with Gasteiger partial charge in [-0.05, 0) is 36.6 Å². The van der Waals surface area contributed by atoms with Gasteiger partial charge in [0.25, 0.3) is 0 Å². The fraction of sp³-hybridized carbons (Fsp3) is 0.600. The van der Waals surface area contributed by atoms with Gasteiger partial charge in [-0.25, -0.2) is 0 Å². The average molecular weight is 216 g/mol. The summed E-state index contributed by atoms with van der Waals surface area (Å²) in [5, 5.41) is 12.9. The van der Waals surface area contributed by atoms with E-state index >= 15 is 0 Å². The summed E-state index contributed by atoms with van der Waals surface area (Å²) in [7, 11) is 0. The molecule has 78 valence electrons. The molecule has 1 heterocycles. The third-order valence-corrected chi connectivity index (χ3v) is 2.65. The van der Waals surface area contributed by atoms with Gasteiger partial charge in [0.2, 0.25) is 0 Å². The van der Waals surface area contributed by atoms with Crippen LogP contribution in [0.4, 0.5) is 0 Å². The first-order chi connectivity index (χ1) is 6.79. The van der Waals surface area contributed by atoms with Gasteiger partial charge in [-0.1, -0.05) is 0 Å². The summed E-state index contributed by atoms with van der Waals surface area (Å²) in [5.41, 5.74) is 0.